The summed E-state index contributed by atoms with van der Waals surface area (Å²) in [7, 11) is 0. The number of pyridine rings is 1. The van der Waals surface area contributed by atoms with Gasteiger partial charge in [0.05, 0.1) is 11.8 Å². The third kappa shape index (κ3) is 6.74. The molecule has 3 aromatic carbocycles. The number of rotatable bonds is 11. The molecule has 0 aliphatic rings. The van der Waals surface area contributed by atoms with Crippen LogP contribution < -0.4 is 16.2 Å². The predicted octanol–water partition coefficient (Wildman–Crippen LogP) is 8.89. The second-order valence-electron chi connectivity index (χ2n) is 12.5. The highest BCUT2D eigenvalue weighted by atomic mass is 19.1. The minimum absolute atomic E-state index is 0.209. The fraction of sp³-hybridized carbons (Fsp3) is 0.256. The minimum atomic E-state index is -0.431. The first-order chi connectivity index (χ1) is 22.7. The number of halogens is 1. The average Bonchev–Trinajstić information content (AvgIpc) is 3.44. The molecule has 0 radical (unpaired) electrons. The molecule has 6 rings (SSSR count). The van der Waals surface area contributed by atoms with Gasteiger partial charge in [0.15, 0.2) is 0 Å². The quantitative estimate of drug-likeness (QED) is 0.149. The van der Waals surface area contributed by atoms with E-state index in [1.54, 1.807) is 22.8 Å². The Labute approximate surface area is 274 Å². The summed E-state index contributed by atoms with van der Waals surface area (Å²) in [5.74, 6) is 0.244. The van der Waals surface area contributed by atoms with Crippen molar-refractivity contribution in [2.24, 2.45) is 0 Å². The number of anilines is 1. The van der Waals surface area contributed by atoms with Crippen LogP contribution in [0.15, 0.2) is 106 Å². The first kappa shape index (κ1) is 31.9. The van der Waals surface area contributed by atoms with Gasteiger partial charge in [-0.1, -0.05) is 61.9 Å². The summed E-state index contributed by atoms with van der Waals surface area (Å²) in [6.07, 6.45) is 7.37. The molecule has 0 bridgehead atoms. The largest absolute Gasteiger partial charge is 0.456 e. The Balaban J connectivity index is 1.26. The molecule has 2 atom stereocenters. The Kier molecular flexibility index (Phi) is 9.31. The van der Waals surface area contributed by atoms with E-state index in [0.717, 1.165) is 38.6 Å². The van der Waals surface area contributed by atoms with Crippen LogP contribution >= 0.6 is 0 Å². The monoisotopic (exact) mass is 629 g/mol. The maximum atomic E-state index is 15.0. The summed E-state index contributed by atoms with van der Waals surface area (Å²) < 4.78 is 22.6. The lowest BCUT2D eigenvalue weighted by molar-refractivity contribution is 0.490. The van der Waals surface area contributed by atoms with Crippen LogP contribution in [0.25, 0.3) is 39.4 Å². The lowest BCUT2D eigenvalue weighted by Gasteiger charge is -2.22. The molecule has 47 heavy (non-hydrogen) atoms. The van der Waals surface area contributed by atoms with E-state index in [-0.39, 0.29) is 29.0 Å². The van der Waals surface area contributed by atoms with Gasteiger partial charge < -0.3 is 15.1 Å². The van der Waals surface area contributed by atoms with Crippen LogP contribution in [0.3, 0.4) is 0 Å². The highest BCUT2D eigenvalue weighted by Gasteiger charge is 2.21. The molecule has 0 saturated carbocycles. The Bertz CT molecular complexity index is 2130. The molecule has 0 fully saturated rings. The number of nitrogens with zero attached hydrogens (tertiary/aromatic N) is 3. The fourth-order valence-electron chi connectivity index (χ4n) is 6.10. The van der Waals surface area contributed by atoms with Gasteiger partial charge >= 0.3 is 0 Å². The first-order valence-corrected chi connectivity index (χ1v) is 16.1. The topological polar surface area (TPSA) is 85.0 Å². The normalized spacial score (nSPS) is 13.4. The van der Waals surface area contributed by atoms with Crippen molar-refractivity contribution in [3.63, 3.8) is 0 Å². The second kappa shape index (κ2) is 13.7. The molecular weight excluding hydrogens is 589 g/mol. The standard InChI is InChI=1S/C39H40FN5O2/c1-24(2)30-16-17-41-22-29(30)18-25(3)20-42-21-26(4)45-38(32-11-6-8-12-34(32)40)43-23-35(39(45)46)44-27(5)28-14-15-37-33(19-28)31-10-7-9-13-36(31)47-37/h6-19,22-24,26-27,42,44H,20-21H2,1-5H3/b25-18+. The third-order valence-electron chi connectivity index (χ3n) is 8.58. The summed E-state index contributed by atoms with van der Waals surface area (Å²) in [6.45, 7) is 11.5. The zero-order valence-corrected chi connectivity index (χ0v) is 27.4. The molecule has 7 nitrogen and oxygen atoms in total. The summed E-state index contributed by atoms with van der Waals surface area (Å²) >= 11 is 0. The van der Waals surface area contributed by atoms with Crippen molar-refractivity contribution in [3.8, 4) is 11.4 Å². The fourth-order valence-corrected chi connectivity index (χ4v) is 6.10. The number of hydrogen-bond acceptors (Lipinski definition) is 6. The maximum Gasteiger partial charge on any atom is 0.277 e. The molecule has 6 aromatic rings. The summed E-state index contributed by atoms with van der Waals surface area (Å²) in [5, 5.41) is 8.93. The van der Waals surface area contributed by atoms with Crippen LogP contribution in [0.4, 0.5) is 10.1 Å². The molecule has 0 saturated heterocycles. The molecule has 3 heterocycles. The average molecular weight is 630 g/mol. The molecular formula is C39H40FN5O2. The first-order valence-electron chi connectivity index (χ1n) is 16.1. The van der Waals surface area contributed by atoms with E-state index in [1.165, 1.54) is 17.8 Å². The van der Waals surface area contributed by atoms with Crippen LogP contribution in [0, 0.1) is 5.82 Å². The molecule has 0 aliphatic heterocycles. The van der Waals surface area contributed by atoms with Gasteiger partial charge in [0.2, 0.25) is 0 Å². The van der Waals surface area contributed by atoms with Crippen LogP contribution in [0.2, 0.25) is 0 Å². The molecule has 3 aromatic heterocycles. The number of nitrogens with one attached hydrogen (secondary N) is 2. The zero-order chi connectivity index (χ0) is 33.1. The van der Waals surface area contributed by atoms with E-state index < -0.39 is 5.82 Å². The number of benzene rings is 3. The van der Waals surface area contributed by atoms with E-state index in [9.17, 15) is 4.79 Å². The highest BCUT2D eigenvalue weighted by molar-refractivity contribution is 6.05. The second-order valence-corrected chi connectivity index (χ2v) is 12.5. The Hall–Kier alpha value is -5.08. The van der Waals surface area contributed by atoms with Crippen molar-refractivity contribution >= 4 is 33.7 Å². The maximum absolute atomic E-state index is 15.0. The van der Waals surface area contributed by atoms with Gasteiger partial charge in [-0.05, 0) is 79.8 Å². The van der Waals surface area contributed by atoms with Crippen molar-refractivity contribution in [1.82, 2.24) is 19.9 Å². The number of aromatic nitrogens is 3. The van der Waals surface area contributed by atoms with Gasteiger partial charge in [-0.2, -0.15) is 0 Å². The minimum Gasteiger partial charge on any atom is -0.456 e. The lowest BCUT2D eigenvalue weighted by atomic mass is 9.98. The van der Waals surface area contributed by atoms with Crippen molar-refractivity contribution in [1.29, 1.82) is 0 Å². The van der Waals surface area contributed by atoms with Gasteiger partial charge in [0.1, 0.15) is 28.5 Å². The number of fused-ring (bicyclic) bond motifs is 3. The number of furan rings is 1. The van der Waals surface area contributed by atoms with E-state index in [2.05, 4.69) is 59.6 Å². The van der Waals surface area contributed by atoms with E-state index in [0.29, 0.717) is 24.7 Å². The van der Waals surface area contributed by atoms with E-state index >= 15 is 4.39 Å². The van der Waals surface area contributed by atoms with Gasteiger partial charge in [0, 0.05) is 48.3 Å². The third-order valence-corrected chi connectivity index (χ3v) is 8.58. The van der Waals surface area contributed by atoms with Gasteiger partial charge in [-0.3, -0.25) is 14.3 Å². The van der Waals surface area contributed by atoms with Crippen LogP contribution in [0.1, 0.15) is 69.3 Å². The molecule has 8 heteroatoms. The Morgan fingerprint density at radius 3 is 2.53 bits per heavy atom. The number of para-hydroxylation sites is 1. The summed E-state index contributed by atoms with van der Waals surface area (Å²) in [5.41, 5.74) is 6.49. The molecule has 2 unspecified atom stereocenters. The summed E-state index contributed by atoms with van der Waals surface area (Å²) in [4.78, 5) is 23.1. The molecule has 2 N–H and O–H groups in total. The van der Waals surface area contributed by atoms with Gasteiger partial charge in [-0.15, -0.1) is 0 Å². The Morgan fingerprint density at radius 2 is 1.72 bits per heavy atom. The SMILES string of the molecule is C/C(=C\c1cnccc1C(C)C)CNCC(C)n1c(-c2ccccc2F)ncc(NC(C)c2ccc3oc4ccccc4c3c2)c1=O. The molecule has 240 valence electrons. The van der Waals surface area contributed by atoms with Crippen molar-refractivity contribution in [2.45, 2.75) is 52.6 Å². The molecule has 0 amide bonds. The highest BCUT2D eigenvalue weighted by Crippen LogP contribution is 2.31. The molecule has 0 spiro atoms. The lowest BCUT2D eigenvalue weighted by Crippen LogP contribution is -2.34. The van der Waals surface area contributed by atoms with Crippen molar-refractivity contribution in [3.05, 3.63) is 130 Å². The van der Waals surface area contributed by atoms with Crippen LogP contribution in [-0.4, -0.2) is 27.6 Å². The predicted molar refractivity (Wildman–Crippen MR) is 189 cm³/mol. The molecule has 0 aliphatic carbocycles. The van der Waals surface area contributed by atoms with Crippen molar-refractivity contribution in [2.75, 3.05) is 18.4 Å². The van der Waals surface area contributed by atoms with Crippen LogP contribution in [-0.2, 0) is 0 Å². The van der Waals surface area contributed by atoms with Crippen LogP contribution in [0.5, 0.6) is 0 Å². The van der Waals surface area contributed by atoms with E-state index in [1.807, 2.05) is 62.6 Å². The van der Waals surface area contributed by atoms with Gasteiger partial charge in [0.25, 0.3) is 5.56 Å². The summed E-state index contributed by atoms with van der Waals surface area (Å²) in [6, 6.07) is 21.9. The zero-order valence-electron chi connectivity index (χ0n) is 27.4. The Morgan fingerprint density at radius 1 is 0.957 bits per heavy atom. The van der Waals surface area contributed by atoms with Gasteiger partial charge in [-0.25, -0.2) is 9.37 Å². The smallest absolute Gasteiger partial charge is 0.277 e. The number of hydrogen-bond donors (Lipinski definition) is 2. The van der Waals surface area contributed by atoms with Crippen molar-refractivity contribution < 1.29 is 8.81 Å². The van der Waals surface area contributed by atoms with E-state index in [4.69, 9.17) is 4.42 Å².